The molecule has 0 N–H and O–H groups in total. The summed E-state index contributed by atoms with van der Waals surface area (Å²) in [5.74, 6) is 1.36. The van der Waals surface area contributed by atoms with E-state index < -0.39 is 0 Å². The van der Waals surface area contributed by atoms with Crippen molar-refractivity contribution in [1.29, 1.82) is 0 Å². The van der Waals surface area contributed by atoms with E-state index in [1.54, 1.807) is 0 Å². The van der Waals surface area contributed by atoms with E-state index in [4.69, 9.17) is 0 Å². The second-order valence-corrected chi connectivity index (χ2v) is 4.81. The topological polar surface area (TPSA) is 0 Å². The molecule has 0 radical (unpaired) electrons. The Hall–Kier alpha value is 0.350. The van der Waals surface area contributed by atoms with Crippen molar-refractivity contribution in [3.63, 3.8) is 0 Å². The summed E-state index contributed by atoms with van der Waals surface area (Å²) >= 11 is 1.98. The summed E-state index contributed by atoms with van der Waals surface area (Å²) in [7, 11) is 0. The molecule has 0 nitrogen and oxygen atoms in total. The minimum Gasteiger partial charge on any atom is -0.165 e. The van der Waals surface area contributed by atoms with Gasteiger partial charge in [0.2, 0.25) is 0 Å². The maximum absolute atomic E-state index is 2.28. The standard InChI is InChI=1S/C12H26S/c1-3-4-5-6-7-8-9-10-11-12-13-2/h3-12H2,1-2H3. The highest BCUT2D eigenvalue weighted by molar-refractivity contribution is 7.98. The van der Waals surface area contributed by atoms with Crippen LogP contribution in [0.25, 0.3) is 0 Å². The molecule has 0 spiro atoms. The van der Waals surface area contributed by atoms with E-state index in [2.05, 4.69) is 13.2 Å². The molecule has 0 fully saturated rings. The first-order chi connectivity index (χ1) is 6.41. The summed E-state index contributed by atoms with van der Waals surface area (Å²) < 4.78 is 0. The molecular weight excluding hydrogens is 176 g/mol. The van der Waals surface area contributed by atoms with Gasteiger partial charge in [-0.1, -0.05) is 58.3 Å². The number of thioether (sulfide) groups is 1. The van der Waals surface area contributed by atoms with Crippen molar-refractivity contribution >= 4 is 11.8 Å². The Balaban J connectivity index is 2.76. The van der Waals surface area contributed by atoms with Crippen LogP contribution in [-0.2, 0) is 0 Å². The lowest BCUT2D eigenvalue weighted by Gasteiger charge is -2.00. The quantitative estimate of drug-likeness (QED) is 0.455. The summed E-state index contributed by atoms with van der Waals surface area (Å²) in [4.78, 5) is 0. The number of hydrogen-bond acceptors (Lipinski definition) is 1. The Bertz CT molecular complexity index is 71.2. The van der Waals surface area contributed by atoms with Gasteiger partial charge in [-0.25, -0.2) is 0 Å². The first kappa shape index (κ1) is 13.4. The molecule has 0 rings (SSSR count). The Kier molecular flexibility index (Phi) is 12.7. The average molecular weight is 202 g/mol. The molecule has 0 aliphatic rings. The molecule has 0 aromatic rings. The Morgan fingerprint density at radius 3 is 1.62 bits per heavy atom. The Morgan fingerprint density at radius 1 is 0.692 bits per heavy atom. The fraction of sp³-hybridized carbons (Fsp3) is 1.00. The lowest BCUT2D eigenvalue weighted by atomic mass is 10.1. The molecule has 0 atom stereocenters. The third-order valence-electron chi connectivity index (χ3n) is 2.45. The van der Waals surface area contributed by atoms with Crippen LogP contribution >= 0.6 is 11.8 Å². The van der Waals surface area contributed by atoms with Crippen LogP contribution in [0.3, 0.4) is 0 Å². The molecule has 0 saturated carbocycles. The average Bonchev–Trinajstić information content (AvgIpc) is 2.16. The summed E-state index contributed by atoms with van der Waals surface area (Å²) in [5, 5.41) is 0. The van der Waals surface area contributed by atoms with Crippen molar-refractivity contribution in [1.82, 2.24) is 0 Å². The van der Waals surface area contributed by atoms with Crippen LogP contribution in [0.4, 0.5) is 0 Å². The summed E-state index contributed by atoms with van der Waals surface area (Å²) in [5.41, 5.74) is 0. The van der Waals surface area contributed by atoms with Crippen LogP contribution in [-0.4, -0.2) is 12.0 Å². The van der Waals surface area contributed by atoms with Gasteiger partial charge >= 0.3 is 0 Å². The number of unbranched alkanes of at least 4 members (excludes halogenated alkanes) is 8. The van der Waals surface area contributed by atoms with Crippen molar-refractivity contribution in [2.75, 3.05) is 12.0 Å². The van der Waals surface area contributed by atoms with Crippen LogP contribution in [0.1, 0.15) is 64.7 Å². The van der Waals surface area contributed by atoms with Crippen molar-refractivity contribution in [3.8, 4) is 0 Å². The molecule has 0 bridgehead atoms. The summed E-state index contributed by atoms with van der Waals surface area (Å²) in [6.45, 7) is 2.28. The van der Waals surface area contributed by atoms with Gasteiger partial charge < -0.3 is 0 Å². The lowest BCUT2D eigenvalue weighted by Crippen LogP contribution is -1.82. The minimum atomic E-state index is 1.36. The molecule has 13 heavy (non-hydrogen) atoms. The van der Waals surface area contributed by atoms with Crippen LogP contribution in [0.2, 0.25) is 0 Å². The first-order valence-electron chi connectivity index (χ1n) is 5.90. The zero-order valence-corrected chi connectivity index (χ0v) is 10.3. The molecule has 0 aliphatic heterocycles. The predicted octanol–water partition coefficient (Wildman–Crippen LogP) is 4.88. The normalized spacial score (nSPS) is 10.6. The molecule has 80 valence electrons. The molecule has 0 unspecified atom stereocenters. The number of rotatable bonds is 10. The second kappa shape index (κ2) is 12.3. The van der Waals surface area contributed by atoms with E-state index in [9.17, 15) is 0 Å². The highest BCUT2D eigenvalue weighted by Crippen LogP contribution is 2.10. The fourth-order valence-electron chi connectivity index (χ4n) is 1.56. The smallest absolute Gasteiger partial charge is 0.00703 e. The van der Waals surface area contributed by atoms with Crippen molar-refractivity contribution in [2.24, 2.45) is 0 Å². The second-order valence-electron chi connectivity index (χ2n) is 3.82. The van der Waals surface area contributed by atoms with Crippen molar-refractivity contribution < 1.29 is 0 Å². The number of hydrogen-bond donors (Lipinski definition) is 0. The van der Waals surface area contributed by atoms with Crippen LogP contribution in [0.5, 0.6) is 0 Å². The van der Waals surface area contributed by atoms with E-state index in [1.807, 2.05) is 11.8 Å². The monoisotopic (exact) mass is 202 g/mol. The Labute approximate surface area is 88.9 Å². The summed E-state index contributed by atoms with van der Waals surface area (Å²) in [6.07, 6.45) is 15.2. The third kappa shape index (κ3) is 12.4. The highest BCUT2D eigenvalue weighted by Gasteiger charge is 1.91. The van der Waals surface area contributed by atoms with Gasteiger partial charge in [-0.05, 0) is 18.4 Å². The summed E-state index contributed by atoms with van der Waals surface area (Å²) in [6, 6.07) is 0. The van der Waals surface area contributed by atoms with E-state index >= 15 is 0 Å². The Morgan fingerprint density at radius 2 is 1.15 bits per heavy atom. The van der Waals surface area contributed by atoms with Gasteiger partial charge in [0.25, 0.3) is 0 Å². The van der Waals surface area contributed by atoms with Gasteiger partial charge in [-0.15, -0.1) is 0 Å². The van der Waals surface area contributed by atoms with Gasteiger partial charge in [-0.2, -0.15) is 11.8 Å². The van der Waals surface area contributed by atoms with E-state index in [1.165, 1.54) is 63.5 Å². The molecule has 0 heterocycles. The molecular formula is C12H26S. The van der Waals surface area contributed by atoms with Crippen LogP contribution in [0.15, 0.2) is 0 Å². The zero-order valence-electron chi connectivity index (χ0n) is 9.48. The SMILES string of the molecule is CCCCCCCCCCCSC. The van der Waals surface area contributed by atoms with Crippen molar-refractivity contribution in [2.45, 2.75) is 64.7 Å². The van der Waals surface area contributed by atoms with E-state index in [-0.39, 0.29) is 0 Å². The maximum atomic E-state index is 2.28. The molecule has 1 heteroatoms. The first-order valence-corrected chi connectivity index (χ1v) is 7.30. The van der Waals surface area contributed by atoms with E-state index in [0.29, 0.717) is 0 Å². The highest BCUT2D eigenvalue weighted by atomic mass is 32.2. The van der Waals surface area contributed by atoms with Crippen LogP contribution < -0.4 is 0 Å². The lowest BCUT2D eigenvalue weighted by molar-refractivity contribution is 0.573. The van der Waals surface area contributed by atoms with Gasteiger partial charge in [0.15, 0.2) is 0 Å². The predicted molar refractivity (Wildman–Crippen MR) is 65.6 cm³/mol. The van der Waals surface area contributed by atoms with Crippen LogP contribution in [0, 0.1) is 0 Å². The zero-order chi connectivity index (χ0) is 9.78. The fourth-order valence-corrected chi connectivity index (χ4v) is 2.05. The van der Waals surface area contributed by atoms with Gasteiger partial charge in [0.1, 0.15) is 0 Å². The van der Waals surface area contributed by atoms with E-state index in [0.717, 1.165) is 0 Å². The molecule has 0 aromatic carbocycles. The molecule has 0 saturated heterocycles. The van der Waals surface area contributed by atoms with Crippen molar-refractivity contribution in [3.05, 3.63) is 0 Å². The molecule has 0 amide bonds. The molecule has 0 aromatic heterocycles. The molecule has 0 aliphatic carbocycles. The van der Waals surface area contributed by atoms with Gasteiger partial charge in [0, 0.05) is 0 Å². The van der Waals surface area contributed by atoms with Gasteiger partial charge in [-0.3, -0.25) is 0 Å². The third-order valence-corrected chi connectivity index (χ3v) is 3.15. The van der Waals surface area contributed by atoms with Gasteiger partial charge in [0.05, 0.1) is 0 Å². The minimum absolute atomic E-state index is 1.36. The maximum Gasteiger partial charge on any atom is -0.00703 e. The largest absolute Gasteiger partial charge is 0.165 e.